The van der Waals surface area contributed by atoms with E-state index in [0.29, 0.717) is 39.1 Å². The molecule has 0 aromatic heterocycles. The molecule has 2 aliphatic heterocycles. The van der Waals surface area contributed by atoms with Gasteiger partial charge in [0, 0.05) is 13.1 Å². The number of hydrogen-bond acceptors (Lipinski definition) is 5. The fraction of sp³-hybridized carbons (Fsp3) is 0.857. The molecule has 0 aromatic rings. The zero-order valence-corrected chi connectivity index (χ0v) is 17.8. The van der Waals surface area contributed by atoms with Gasteiger partial charge in [-0.3, -0.25) is 9.69 Å². The van der Waals surface area contributed by atoms with Crippen molar-refractivity contribution in [3.8, 4) is 0 Å². The lowest BCUT2D eigenvalue weighted by Crippen LogP contribution is -2.58. The van der Waals surface area contributed by atoms with Crippen LogP contribution in [0.25, 0.3) is 0 Å². The van der Waals surface area contributed by atoms with Crippen LogP contribution in [-0.4, -0.2) is 66.2 Å². The van der Waals surface area contributed by atoms with Crippen molar-refractivity contribution in [3.05, 3.63) is 0 Å². The number of amides is 2. The molecule has 160 valence electrons. The Morgan fingerprint density at radius 3 is 1.93 bits per heavy atom. The molecule has 28 heavy (non-hydrogen) atoms. The lowest BCUT2D eigenvalue weighted by Gasteiger charge is -2.40. The average Bonchev–Trinajstić information content (AvgIpc) is 2.69. The molecule has 2 saturated heterocycles. The van der Waals surface area contributed by atoms with E-state index in [1.807, 2.05) is 27.7 Å². The van der Waals surface area contributed by atoms with E-state index in [2.05, 4.69) is 0 Å². The highest BCUT2D eigenvalue weighted by Crippen LogP contribution is 2.25. The fourth-order valence-electron chi connectivity index (χ4n) is 3.70. The molecule has 7 nitrogen and oxygen atoms in total. The predicted octanol–water partition coefficient (Wildman–Crippen LogP) is 3.21. The molecule has 0 spiro atoms. The SMILES string of the molecule is CC(C)COC(=O)C1CCCCN1C(=O)C1CCCCN1C(=O)OCC(C)C. The molecular weight excluding hydrogens is 360 g/mol. The number of ether oxygens (including phenoxy) is 2. The van der Waals surface area contributed by atoms with Crippen LogP contribution in [0.3, 0.4) is 0 Å². The summed E-state index contributed by atoms with van der Waals surface area (Å²) >= 11 is 0. The van der Waals surface area contributed by atoms with Gasteiger partial charge in [0.25, 0.3) is 0 Å². The average molecular weight is 397 g/mol. The summed E-state index contributed by atoms with van der Waals surface area (Å²) in [4.78, 5) is 41.6. The normalized spacial score (nSPS) is 23.1. The first-order valence-electron chi connectivity index (χ1n) is 10.7. The summed E-state index contributed by atoms with van der Waals surface area (Å²) in [6.07, 6.45) is 4.32. The zero-order valence-electron chi connectivity index (χ0n) is 17.8. The maximum atomic E-state index is 13.3. The standard InChI is InChI=1S/C21H36N2O5/c1-15(2)13-27-20(25)18-10-6-7-11-22(18)19(24)17-9-5-8-12-23(17)21(26)28-14-16(3)4/h15-18H,5-14H2,1-4H3. The van der Waals surface area contributed by atoms with Crippen LogP contribution >= 0.6 is 0 Å². The van der Waals surface area contributed by atoms with Gasteiger partial charge in [-0.15, -0.1) is 0 Å². The number of likely N-dealkylation sites (tertiary alicyclic amines) is 2. The summed E-state index contributed by atoms with van der Waals surface area (Å²) in [5.74, 6) is 0.0187. The molecule has 7 heteroatoms. The van der Waals surface area contributed by atoms with E-state index in [4.69, 9.17) is 9.47 Å². The Bertz CT molecular complexity index is 503. The quantitative estimate of drug-likeness (QED) is 0.645. The Labute approximate surface area is 168 Å². The number of carbonyl (C=O) groups excluding carboxylic acids is 3. The highest BCUT2D eigenvalue weighted by atomic mass is 16.6. The highest BCUT2D eigenvalue weighted by molar-refractivity contribution is 5.90. The van der Waals surface area contributed by atoms with Crippen LogP contribution in [0.1, 0.15) is 66.2 Å². The number of rotatable bonds is 6. The molecule has 0 radical (unpaired) electrons. The Hall–Kier alpha value is -1.79. The van der Waals surface area contributed by atoms with Crippen molar-refractivity contribution >= 4 is 18.0 Å². The number of piperidine rings is 2. The molecule has 0 aromatic carbocycles. The summed E-state index contributed by atoms with van der Waals surface area (Å²) < 4.78 is 10.8. The van der Waals surface area contributed by atoms with Gasteiger partial charge in [-0.1, -0.05) is 27.7 Å². The smallest absolute Gasteiger partial charge is 0.410 e. The molecule has 2 amide bonds. The second kappa shape index (κ2) is 10.7. The maximum Gasteiger partial charge on any atom is 0.410 e. The second-order valence-electron chi connectivity index (χ2n) is 8.74. The number of esters is 1. The van der Waals surface area contributed by atoms with Gasteiger partial charge in [0.2, 0.25) is 5.91 Å². The van der Waals surface area contributed by atoms with E-state index in [1.54, 1.807) is 9.80 Å². The van der Waals surface area contributed by atoms with Gasteiger partial charge in [0.15, 0.2) is 0 Å². The first-order chi connectivity index (χ1) is 13.3. The summed E-state index contributed by atoms with van der Waals surface area (Å²) in [5.41, 5.74) is 0. The topological polar surface area (TPSA) is 76.2 Å². The van der Waals surface area contributed by atoms with Crippen LogP contribution in [0.15, 0.2) is 0 Å². The minimum atomic E-state index is -0.549. The van der Waals surface area contributed by atoms with Crippen molar-refractivity contribution in [1.82, 2.24) is 9.80 Å². The van der Waals surface area contributed by atoms with Gasteiger partial charge in [0.1, 0.15) is 12.1 Å². The van der Waals surface area contributed by atoms with E-state index in [0.717, 1.165) is 25.7 Å². The summed E-state index contributed by atoms with van der Waals surface area (Å²) in [6.45, 7) is 9.67. The molecule has 2 unspecified atom stereocenters. The molecule has 2 aliphatic rings. The van der Waals surface area contributed by atoms with Crippen molar-refractivity contribution in [2.24, 2.45) is 11.8 Å². The number of nitrogens with zero attached hydrogens (tertiary/aromatic N) is 2. The molecular formula is C21H36N2O5. The van der Waals surface area contributed by atoms with Gasteiger partial charge in [0.05, 0.1) is 13.2 Å². The van der Waals surface area contributed by atoms with Crippen LogP contribution in [0.5, 0.6) is 0 Å². The Morgan fingerprint density at radius 1 is 0.786 bits per heavy atom. The van der Waals surface area contributed by atoms with E-state index in [-0.39, 0.29) is 23.7 Å². The van der Waals surface area contributed by atoms with Crippen molar-refractivity contribution in [3.63, 3.8) is 0 Å². The van der Waals surface area contributed by atoms with Gasteiger partial charge in [-0.25, -0.2) is 9.59 Å². The Kier molecular flexibility index (Phi) is 8.58. The minimum Gasteiger partial charge on any atom is -0.464 e. The van der Waals surface area contributed by atoms with Crippen molar-refractivity contribution in [2.45, 2.75) is 78.3 Å². The summed E-state index contributed by atoms with van der Waals surface area (Å²) in [5, 5.41) is 0. The maximum absolute atomic E-state index is 13.3. The van der Waals surface area contributed by atoms with E-state index < -0.39 is 18.2 Å². The Balaban J connectivity index is 2.08. The fourth-order valence-corrected chi connectivity index (χ4v) is 3.70. The van der Waals surface area contributed by atoms with Crippen LogP contribution in [0.4, 0.5) is 4.79 Å². The van der Waals surface area contributed by atoms with Gasteiger partial charge in [-0.2, -0.15) is 0 Å². The molecule has 2 heterocycles. The molecule has 0 saturated carbocycles. The Morgan fingerprint density at radius 2 is 1.32 bits per heavy atom. The van der Waals surface area contributed by atoms with Gasteiger partial charge >= 0.3 is 12.1 Å². The number of carbonyl (C=O) groups is 3. The first-order valence-corrected chi connectivity index (χ1v) is 10.7. The minimum absolute atomic E-state index is 0.146. The van der Waals surface area contributed by atoms with Crippen molar-refractivity contribution < 1.29 is 23.9 Å². The molecule has 0 aliphatic carbocycles. The third-order valence-corrected chi connectivity index (χ3v) is 5.18. The third-order valence-electron chi connectivity index (χ3n) is 5.18. The van der Waals surface area contributed by atoms with Crippen LogP contribution < -0.4 is 0 Å². The molecule has 2 rings (SSSR count). The largest absolute Gasteiger partial charge is 0.464 e. The van der Waals surface area contributed by atoms with Crippen LogP contribution in [-0.2, 0) is 19.1 Å². The number of hydrogen-bond donors (Lipinski definition) is 0. The third kappa shape index (κ3) is 6.11. The molecule has 0 bridgehead atoms. The van der Waals surface area contributed by atoms with E-state index in [9.17, 15) is 14.4 Å². The van der Waals surface area contributed by atoms with E-state index in [1.165, 1.54) is 0 Å². The lowest BCUT2D eigenvalue weighted by molar-refractivity contribution is -0.160. The first kappa shape index (κ1) is 22.5. The molecule has 2 fully saturated rings. The second-order valence-corrected chi connectivity index (χ2v) is 8.74. The van der Waals surface area contributed by atoms with Gasteiger partial charge in [-0.05, 0) is 50.4 Å². The van der Waals surface area contributed by atoms with Crippen molar-refractivity contribution in [1.29, 1.82) is 0 Å². The lowest BCUT2D eigenvalue weighted by atomic mass is 9.97. The molecule has 0 N–H and O–H groups in total. The van der Waals surface area contributed by atoms with Crippen LogP contribution in [0.2, 0.25) is 0 Å². The highest BCUT2D eigenvalue weighted by Gasteiger charge is 2.41. The predicted molar refractivity (Wildman–Crippen MR) is 106 cm³/mol. The van der Waals surface area contributed by atoms with Crippen LogP contribution in [0, 0.1) is 11.8 Å². The zero-order chi connectivity index (χ0) is 20.7. The van der Waals surface area contributed by atoms with E-state index >= 15 is 0 Å². The molecule has 2 atom stereocenters. The summed E-state index contributed by atoms with van der Waals surface area (Å²) in [6, 6.07) is -1.10. The van der Waals surface area contributed by atoms with Gasteiger partial charge < -0.3 is 14.4 Å². The monoisotopic (exact) mass is 396 g/mol. The summed E-state index contributed by atoms with van der Waals surface area (Å²) in [7, 11) is 0. The van der Waals surface area contributed by atoms with Crippen molar-refractivity contribution in [2.75, 3.05) is 26.3 Å².